The molecule has 1 saturated carbocycles. The Labute approximate surface area is 119 Å². The summed E-state index contributed by atoms with van der Waals surface area (Å²) in [6.07, 6.45) is 5.80. The maximum absolute atomic E-state index is 9.57. The standard InChI is InChI=1S/C16H20N2O2/c1-11-7-13(12(2)19)3-6-16(11)20-9-15-8-17-10-18(15)14-4-5-14/h3,6-8,10,12,14,19H,4-5,9H2,1-2H3/t12-/m0/s1. The van der Waals surface area contributed by atoms with Crippen molar-refractivity contribution in [1.29, 1.82) is 0 Å². The number of benzene rings is 1. The summed E-state index contributed by atoms with van der Waals surface area (Å²) in [5.74, 6) is 0.859. The monoisotopic (exact) mass is 272 g/mol. The van der Waals surface area contributed by atoms with Gasteiger partial charge in [0.2, 0.25) is 0 Å². The quantitative estimate of drug-likeness (QED) is 0.909. The molecule has 0 unspecified atom stereocenters. The molecule has 1 heterocycles. The molecule has 106 valence electrons. The molecule has 0 aliphatic heterocycles. The first-order chi connectivity index (χ1) is 9.65. The fourth-order valence-electron chi connectivity index (χ4n) is 2.37. The molecule has 3 rings (SSSR count). The molecule has 4 heteroatoms. The van der Waals surface area contributed by atoms with Gasteiger partial charge in [0.25, 0.3) is 0 Å². The van der Waals surface area contributed by atoms with E-state index in [4.69, 9.17) is 4.74 Å². The van der Waals surface area contributed by atoms with Gasteiger partial charge in [-0.25, -0.2) is 4.98 Å². The van der Waals surface area contributed by atoms with Gasteiger partial charge in [-0.15, -0.1) is 0 Å². The molecule has 20 heavy (non-hydrogen) atoms. The summed E-state index contributed by atoms with van der Waals surface area (Å²) in [5.41, 5.74) is 3.07. The van der Waals surface area contributed by atoms with Crippen LogP contribution in [0.3, 0.4) is 0 Å². The molecule has 2 aromatic rings. The van der Waals surface area contributed by atoms with Crippen LogP contribution in [0.2, 0.25) is 0 Å². The molecule has 1 aliphatic rings. The second-order valence-corrected chi connectivity index (χ2v) is 5.51. The lowest BCUT2D eigenvalue weighted by Gasteiger charge is -2.13. The Balaban J connectivity index is 1.70. The Hall–Kier alpha value is -1.81. The SMILES string of the molecule is Cc1cc([C@H](C)O)ccc1OCc1cncn1C1CC1. The number of ether oxygens (including phenoxy) is 1. The van der Waals surface area contributed by atoms with Crippen molar-refractivity contribution in [2.24, 2.45) is 0 Å². The molecule has 1 aromatic carbocycles. The van der Waals surface area contributed by atoms with Gasteiger partial charge in [-0.3, -0.25) is 0 Å². The third-order valence-electron chi connectivity index (χ3n) is 3.74. The topological polar surface area (TPSA) is 47.3 Å². The van der Waals surface area contributed by atoms with E-state index in [1.54, 1.807) is 6.92 Å². The number of aliphatic hydroxyl groups excluding tert-OH is 1. The number of hydrogen-bond acceptors (Lipinski definition) is 3. The Kier molecular flexibility index (Phi) is 3.49. The zero-order valence-corrected chi connectivity index (χ0v) is 11.9. The molecule has 0 saturated heterocycles. The van der Waals surface area contributed by atoms with Crippen molar-refractivity contribution in [2.75, 3.05) is 0 Å². The van der Waals surface area contributed by atoms with Crippen molar-refractivity contribution in [1.82, 2.24) is 9.55 Å². The fourth-order valence-corrected chi connectivity index (χ4v) is 2.37. The first-order valence-electron chi connectivity index (χ1n) is 7.07. The van der Waals surface area contributed by atoms with Gasteiger partial charge < -0.3 is 14.4 Å². The predicted molar refractivity (Wildman–Crippen MR) is 76.6 cm³/mol. The molecule has 1 fully saturated rings. The molecule has 4 nitrogen and oxygen atoms in total. The Morgan fingerprint density at radius 3 is 2.90 bits per heavy atom. The number of imidazole rings is 1. The largest absolute Gasteiger partial charge is 0.487 e. The maximum atomic E-state index is 9.57. The summed E-state index contributed by atoms with van der Waals surface area (Å²) in [4.78, 5) is 4.21. The number of aromatic nitrogens is 2. The highest BCUT2D eigenvalue weighted by Gasteiger charge is 2.25. The summed E-state index contributed by atoms with van der Waals surface area (Å²) in [5, 5.41) is 9.57. The molecule has 1 aliphatic carbocycles. The molecule has 0 amide bonds. The van der Waals surface area contributed by atoms with Crippen molar-refractivity contribution >= 4 is 0 Å². The highest BCUT2D eigenvalue weighted by Crippen LogP contribution is 2.35. The van der Waals surface area contributed by atoms with Gasteiger partial charge in [0.05, 0.1) is 24.3 Å². The van der Waals surface area contributed by atoms with Gasteiger partial charge in [0.15, 0.2) is 0 Å². The van der Waals surface area contributed by atoms with Gasteiger partial charge >= 0.3 is 0 Å². The lowest BCUT2D eigenvalue weighted by atomic mass is 10.1. The Morgan fingerprint density at radius 1 is 1.45 bits per heavy atom. The molecule has 0 spiro atoms. The van der Waals surface area contributed by atoms with E-state index in [1.165, 1.54) is 12.8 Å². The highest BCUT2D eigenvalue weighted by molar-refractivity contribution is 5.37. The molecule has 1 aromatic heterocycles. The smallest absolute Gasteiger partial charge is 0.130 e. The van der Waals surface area contributed by atoms with Gasteiger partial charge in [0, 0.05) is 6.04 Å². The van der Waals surface area contributed by atoms with Gasteiger partial charge in [-0.1, -0.05) is 6.07 Å². The average Bonchev–Trinajstić information content (AvgIpc) is 3.16. The van der Waals surface area contributed by atoms with E-state index in [0.29, 0.717) is 12.6 Å². The van der Waals surface area contributed by atoms with Crippen LogP contribution in [-0.2, 0) is 6.61 Å². The number of rotatable bonds is 5. The summed E-state index contributed by atoms with van der Waals surface area (Å²) < 4.78 is 8.10. The highest BCUT2D eigenvalue weighted by atomic mass is 16.5. The second-order valence-electron chi connectivity index (χ2n) is 5.51. The summed E-state index contributed by atoms with van der Waals surface area (Å²) >= 11 is 0. The Morgan fingerprint density at radius 2 is 2.25 bits per heavy atom. The van der Waals surface area contributed by atoms with Gasteiger partial charge in [-0.2, -0.15) is 0 Å². The molecule has 1 N–H and O–H groups in total. The number of hydrogen-bond donors (Lipinski definition) is 1. The first-order valence-corrected chi connectivity index (χ1v) is 7.07. The maximum Gasteiger partial charge on any atom is 0.130 e. The summed E-state index contributed by atoms with van der Waals surface area (Å²) in [6.45, 7) is 4.30. The van der Waals surface area contributed by atoms with Crippen LogP contribution in [-0.4, -0.2) is 14.7 Å². The minimum atomic E-state index is -0.445. The molecule has 1 atom stereocenters. The first kappa shape index (κ1) is 13.2. The van der Waals surface area contributed by atoms with Crippen molar-refractivity contribution in [3.8, 4) is 5.75 Å². The normalized spacial score (nSPS) is 16.1. The molecular formula is C16H20N2O2. The average molecular weight is 272 g/mol. The minimum Gasteiger partial charge on any atom is -0.487 e. The Bertz CT molecular complexity index is 600. The van der Waals surface area contributed by atoms with E-state index < -0.39 is 6.10 Å². The lowest BCUT2D eigenvalue weighted by molar-refractivity contribution is 0.199. The fraction of sp³-hybridized carbons (Fsp3) is 0.438. The third kappa shape index (κ3) is 2.70. The second kappa shape index (κ2) is 5.29. The van der Waals surface area contributed by atoms with Crippen LogP contribution in [0.15, 0.2) is 30.7 Å². The van der Waals surface area contributed by atoms with Crippen molar-refractivity contribution < 1.29 is 9.84 Å². The lowest BCUT2D eigenvalue weighted by Crippen LogP contribution is -2.04. The zero-order chi connectivity index (χ0) is 14.1. The van der Waals surface area contributed by atoms with Crippen molar-refractivity contribution in [2.45, 2.75) is 45.4 Å². The number of aryl methyl sites for hydroxylation is 1. The van der Waals surface area contributed by atoms with E-state index >= 15 is 0 Å². The summed E-state index contributed by atoms with van der Waals surface area (Å²) in [7, 11) is 0. The van der Waals surface area contributed by atoms with E-state index in [1.807, 2.05) is 37.6 Å². The van der Waals surface area contributed by atoms with Gasteiger partial charge in [0.1, 0.15) is 12.4 Å². The van der Waals surface area contributed by atoms with Crippen LogP contribution in [0.1, 0.15) is 48.7 Å². The van der Waals surface area contributed by atoms with Crippen molar-refractivity contribution in [3.63, 3.8) is 0 Å². The van der Waals surface area contributed by atoms with E-state index in [9.17, 15) is 5.11 Å². The number of aliphatic hydroxyl groups is 1. The van der Waals surface area contributed by atoms with Crippen LogP contribution in [0.5, 0.6) is 5.75 Å². The van der Waals surface area contributed by atoms with Crippen LogP contribution in [0.4, 0.5) is 0 Å². The predicted octanol–water partition coefficient (Wildman–Crippen LogP) is 3.16. The van der Waals surface area contributed by atoms with Crippen LogP contribution in [0, 0.1) is 6.92 Å². The van der Waals surface area contributed by atoms with E-state index in [0.717, 1.165) is 22.6 Å². The molecular weight excluding hydrogens is 252 g/mol. The van der Waals surface area contributed by atoms with Crippen LogP contribution >= 0.6 is 0 Å². The molecule has 0 radical (unpaired) electrons. The van der Waals surface area contributed by atoms with Crippen molar-refractivity contribution in [3.05, 3.63) is 47.5 Å². The van der Waals surface area contributed by atoms with E-state index in [-0.39, 0.29) is 0 Å². The van der Waals surface area contributed by atoms with Gasteiger partial charge in [-0.05, 0) is 49.9 Å². The molecule has 0 bridgehead atoms. The zero-order valence-electron chi connectivity index (χ0n) is 11.9. The summed E-state index contributed by atoms with van der Waals surface area (Å²) in [6, 6.07) is 6.42. The number of nitrogens with zero attached hydrogens (tertiary/aromatic N) is 2. The third-order valence-corrected chi connectivity index (χ3v) is 3.74. The minimum absolute atomic E-state index is 0.445. The van der Waals surface area contributed by atoms with Crippen LogP contribution < -0.4 is 4.74 Å². The van der Waals surface area contributed by atoms with Crippen LogP contribution in [0.25, 0.3) is 0 Å². The van der Waals surface area contributed by atoms with E-state index in [2.05, 4.69) is 9.55 Å².